The Morgan fingerprint density at radius 1 is 0.879 bits per heavy atom. The second-order valence-corrected chi connectivity index (χ2v) is 8.04. The van der Waals surface area contributed by atoms with E-state index in [1.807, 2.05) is 31.2 Å². The van der Waals surface area contributed by atoms with Crippen LogP contribution in [0.15, 0.2) is 72.8 Å². The number of fused-ring (bicyclic) bond motifs is 1. The fourth-order valence-electron chi connectivity index (χ4n) is 3.97. The van der Waals surface area contributed by atoms with E-state index in [0.717, 1.165) is 11.3 Å². The van der Waals surface area contributed by atoms with Crippen LogP contribution >= 0.6 is 0 Å². The quantitative estimate of drug-likeness (QED) is 0.374. The predicted molar refractivity (Wildman–Crippen MR) is 127 cm³/mol. The molecule has 0 saturated heterocycles. The van der Waals surface area contributed by atoms with E-state index in [1.54, 1.807) is 60.5 Å². The number of carbonyl (C=O) groups excluding carboxylic acids is 3. The molecule has 0 fully saturated rings. The van der Waals surface area contributed by atoms with Gasteiger partial charge < -0.3 is 9.64 Å². The Morgan fingerprint density at radius 2 is 1.55 bits per heavy atom. The van der Waals surface area contributed by atoms with Crippen molar-refractivity contribution in [3.05, 3.63) is 95.1 Å². The largest absolute Gasteiger partial charge is 0.497 e. The standard InChI is InChI=1S/C27H26N2O4/c1-19-12-14-21(15-13-19)28(25(30)20-8-7-9-22(18-20)33-2)16-5-6-17-29-26(31)23-10-3-4-11-24(23)27(29)32/h3-4,7-15,18H,5-6,16-17H2,1-2H3. The summed E-state index contributed by atoms with van der Waals surface area (Å²) in [6.45, 7) is 2.78. The number of methoxy groups -OCH3 is 1. The number of benzene rings is 3. The van der Waals surface area contributed by atoms with Crippen LogP contribution in [-0.4, -0.2) is 42.8 Å². The highest BCUT2D eigenvalue weighted by molar-refractivity contribution is 6.21. The topological polar surface area (TPSA) is 66.9 Å². The van der Waals surface area contributed by atoms with E-state index in [9.17, 15) is 14.4 Å². The number of ether oxygens (including phenoxy) is 1. The Hall–Kier alpha value is -3.93. The van der Waals surface area contributed by atoms with E-state index in [0.29, 0.717) is 48.4 Å². The van der Waals surface area contributed by atoms with Crippen LogP contribution in [0.1, 0.15) is 49.5 Å². The second-order valence-electron chi connectivity index (χ2n) is 8.04. The van der Waals surface area contributed by atoms with E-state index in [2.05, 4.69) is 0 Å². The van der Waals surface area contributed by atoms with Crippen LogP contribution in [0.5, 0.6) is 5.75 Å². The molecule has 0 unspecified atom stereocenters. The van der Waals surface area contributed by atoms with Gasteiger partial charge in [-0.05, 0) is 62.2 Å². The summed E-state index contributed by atoms with van der Waals surface area (Å²) in [5.74, 6) is -0.00860. The molecule has 4 rings (SSSR count). The Morgan fingerprint density at radius 3 is 2.18 bits per heavy atom. The zero-order chi connectivity index (χ0) is 23.4. The summed E-state index contributed by atoms with van der Waals surface area (Å²) in [4.78, 5) is 41.5. The number of imide groups is 1. The molecule has 0 N–H and O–H groups in total. The van der Waals surface area contributed by atoms with Gasteiger partial charge in [-0.2, -0.15) is 0 Å². The lowest BCUT2D eigenvalue weighted by Crippen LogP contribution is -2.34. The zero-order valence-electron chi connectivity index (χ0n) is 18.8. The van der Waals surface area contributed by atoms with E-state index < -0.39 is 0 Å². The highest BCUT2D eigenvalue weighted by atomic mass is 16.5. The summed E-state index contributed by atoms with van der Waals surface area (Å²) in [6, 6.07) is 21.8. The Kier molecular flexibility index (Phi) is 6.54. The molecule has 0 bridgehead atoms. The zero-order valence-corrected chi connectivity index (χ0v) is 18.8. The summed E-state index contributed by atoms with van der Waals surface area (Å²) < 4.78 is 5.27. The van der Waals surface area contributed by atoms with Crippen LogP contribution in [-0.2, 0) is 0 Å². The highest BCUT2D eigenvalue weighted by Gasteiger charge is 2.34. The van der Waals surface area contributed by atoms with Gasteiger partial charge in [-0.25, -0.2) is 0 Å². The maximum absolute atomic E-state index is 13.4. The molecule has 1 aliphatic heterocycles. The first-order valence-electron chi connectivity index (χ1n) is 11.0. The molecule has 3 aromatic rings. The number of carbonyl (C=O) groups is 3. The smallest absolute Gasteiger partial charge is 0.261 e. The summed E-state index contributed by atoms with van der Waals surface area (Å²) in [5.41, 5.74) is 3.36. The van der Waals surface area contributed by atoms with Crippen molar-refractivity contribution in [1.29, 1.82) is 0 Å². The van der Waals surface area contributed by atoms with Crippen LogP contribution in [0.25, 0.3) is 0 Å². The number of unbranched alkanes of at least 4 members (excludes halogenated alkanes) is 1. The van der Waals surface area contributed by atoms with Gasteiger partial charge in [0.1, 0.15) is 5.75 Å². The van der Waals surface area contributed by atoms with Crippen molar-refractivity contribution in [1.82, 2.24) is 4.90 Å². The molecule has 1 heterocycles. The molecule has 6 nitrogen and oxygen atoms in total. The van der Waals surface area contributed by atoms with Crippen molar-refractivity contribution >= 4 is 23.4 Å². The molecule has 0 aromatic heterocycles. The van der Waals surface area contributed by atoms with Crippen LogP contribution in [0.3, 0.4) is 0 Å². The molecule has 0 saturated carbocycles. The normalized spacial score (nSPS) is 12.6. The van der Waals surface area contributed by atoms with Gasteiger partial charge in [-0.15, -0.1) is 0 Å². The van der Waals surface area contributed by atoms with Crippen molar-refractivity contribution in [2.24, 2.45) is 0 Å². The van der Waals surface area contributed by atoms with E-state index in [1.165, 1.54) is 4.90 Å². The van der Waals surface area contributed by atoms with E-state index >= 15 is 0 Å². The number of aryl methyl sites for hydroxylation is 1. The molecule has 0 spiro atoms. The van der Waals surface area contributed by atoms with Gasteiger partial charge in [0.2, 0.25) is 0 Å². The van der Waals surface area contributed by atoms with Gasteiger partial charge in [-0.3, -0.25) is 19.3 Å². The third-order valence-corrected chi connectivity index (χ3v) is 5.80. The molecule has 0 atom stereocenters. The summed E-state index contributed by atoms with van der Waals surface area (Å²) in [6.07, 6.45) is 1.23. The minimum atomic E-state index is -0.251. The fourth-order valence-corrected chi connectivity index (χ4v) is 3.97. The summed E-state index contributed by atoms with van der Waals surface area (Å²) >= 11 is 0. The van der Waals surface area contributed by atoms with Crippen LogP contribution in [0, 0.1) is 6.92 Å². The first-order chi connectivity index (χ1) is 16.0. The average molecular weight is 443 g/mol. The fraction of sp³-hybridized carbons (Fsp3) is 0.222. The lowest BCUT2D eigenvalue weighted by molar-refractivity contribution is 0.0651. The summed E-state index contributed by atoms with van der Waals surface area (Å²) in [7, 11) is 1.57. The van der Waals surface area contributed by atoms with Crippen LogP contribution in [0.2, 0.25) is 0 Å². The van der Waals surface area contributed by atoms with Gasteiger partial charge in [0.05, 0.1) is 18.2 Å². The number of rotatable bonds is 8. The minimum Gasteiger partial charge on any atom is -0.497 e. The van der Waals surface area contributed by atoms with E-state index in [-0.39, 0.29) is 17.7 Å². The molecule has 6 heteroatoms. The molecule has 3 aromatic carbocycles. The van der Waals surface area contributed by atoms with Gasteiger partial charge in [-0.1, -0.05) is 35.9 Å². The first kappa shape index (κ1) is 22.3. The monoisotopic (exact) mass is 442 g/mol. The van der Waals surface area contributed by atoms with Gasteiger partial charge in [0.25, 0.3) is 17.7 Å². The number of hydrogen-bond donors (Lipinski definition) is 0. The number of hydrogen-bond acceptors (Lipinski definition) is 4. The van der Waals surface area contributed by atoms with Gasteiger partial charge >= 0.3 is 0 Å². The summed E-state index contributed by atoms with van der Waals surface area (Å²) in [5, 5.41) is 0. The van der Waals surface area contributed by atoms with Crippen LogP contribution < -0.4 is 9.64 Å². The third-order valence-electron chi connectivity index (χ3n) is 5.80. The molecule has 3 amide bonds. The number of nitrogens with zero attached hydrogens (tertiary/aromatic N) is 2. The number of amides is 3. The molecule has 1 aliphatic rings. The lowest BCUT2D eigenvalue weighted by atomic mass is 10.1. The van der Waals surface area contributed by atoms with Crippen molar-refractivity contribution in [2.75, 3.05) is 25.1 Å². The average Bonchev–Trinajstić information content (AvgIpc) is 3.09. The molecule has 0 radical (unpaired) electrons. The molecular weight excluding hydrogens is 416 g/mol. The van der Waals surface area contributed by atoms with Crippen LogP contribution in [0.4, 0.5) is 5.69 Å². The Labute approximate surface area is 193 Å². The van der Waals surface area contributed by atoms with Crippen molar-refractivity contribution in [3.8, 4) is 5.75 Å². The molecule has 0 aliphatic carbocycles. The molecular formula is C27H26N2O4. The Balaban J connectivity index is 1.45. The minimum absolute atomic E-state index is 0.126. The second kappa shape index (κ2) is 9.69. The molecule has 168 valence electrons. The van der Waals surface area contributed by atoms with Crippen molar-refractivity contribution in [3.63, 3.8) is 0 Å². The number of anilines is 1. The maximum atomic E-state index is 13.4. The predicted octanol–water partition coefficient (Wildman–Crippen LogP) is 4.73. The van der Waals surface area contributed by atoms with Crippen molar-refractivity contribution in [2.45, 2.75) is 19.8 Å². The third kappa shape index (κ3) is 4.65. The Bertz CT molecular complexity index is 1150. The van der Waals surface area contributed by atoms with Gasteiger partial charge in [0.15, 0.2) is 0 Å². The van der Waals surface area contributed by atoms with E-state index in [4.69, 9.17) is 4.74 Å². The highest BCUT2D eigenvalue weighted by Crippen LogP contribution is 2.24. The van der Waals surface area contributed by atoms with Gasteiger partial charge in [0, 0.05) is 24.3 Å². The van der Waals surface area contributed by atoms with Crippen molar-refractivity contribution < 1.29 is 19.1 Å². The first-order valence-corrected chi connectivity index (χ1v) is 11.0. The maximum Gasteiger partial charge on any atom is 0.261 e. The lowest BCUT2D eigenvalue weighted by Gasteiger charge is -2.24. The SMILES string of the molecule is COc1cccc(C(=O)N(CCCCN2C(=O)c3ccccc3C2=O)c2ccc(C)cc2)c1. The molecule has 33 heavy (non-hydrogen) atoms.